The van der Waals surface area contributed by atoms with Gasteiger partial charge in [-0.15, -0.1) is 0 Å². The average Bonchev–Trinajstić information content (AvgIpc) is 3.15. The van der Waals surface area contributed by atoms with E-state index in [-0.39, 0.29) is 0 Å². The van der Waals surface area contributed by atoms with Gasteiger partial charge in [0.1, 0.15) is 0 Å². The maximum atomic E-state index is 11.7. The summed E-state index contributed by atoms with van der Waals surface area (Å²) in [6.45, 7) is 1.80. The van der Waals surface area contributed by atoms with Crippen LogP contribution in [0.1, 0.15) is 12.5 Å². The summed E-state index contributed by atoms with van der Waals surface area (Å²) in [5, 5.41) is 10.7. The Kier molecular flexibility index (Phi) is 5.03. The van der Waals surface area contributed by atoms with Crippen LogP contribution in [0, 0.1) is 0 Å². The summed E-state index contributed by atoms with van der Waals surface area (Å²) < 4.78 is 0. The average molecular weight is 336 g/mol. The van der Waals surface area contributed by atoms with Crippen LogP contribution < -0.4 is 5.32 Å². The molecule has 2 aromatic carbocycles. The molecule has 5 heteroatoms. The first-order valence-corrected chi connectivity index (χ1v) is 8.37. The summed E-state index contributed by atoms with van der Waals surface area (Å²) in [6, 6.07) is 19.2. The Bertz CT molecular complexity index is 826. The highest BCUT2D eigenvalue weighted by Crippen LogP contribution is 2.22. The number of oxime groups is 1. The zero-order chi connectivity index (χ0) is 16.8. The van der Waals surface area contributed by atoms with Gasteiger partial charge in [0.2, 0.25) is 0 Å². The lowest BCUT2D eigenvalue weighted by Crippen LogP contribution is -2.11. The van der Waals surface area contributed by atoms with Gasteiger partial charge in [-0.2, -0.15) is 11.3 Å². The lowest BCUT2D eigenvalue weighted by atomic mass is 10.1. The van der Waals surface area contributed by atoms with Crippen molar-refractivity contribution in [3.05, 3.63) is 77.0 Å². The first-order chi connectivity index (χ1) is 11.7. The summed E-state index contributed by atoms with van der Waals surface area (Å²) in [4.78, 5) is 16.6. The number of amides is 1. The van der Waals surface area contributed by atoms with Crippen LogP contribution in [-0.2, 0) is 4.84 Å². The normalized spacial score (nSPS) is 11.1. The van der Waals surface area contributed by atoms with Crippen LogP contribution >= 0.6 is 11.3 Å². The Morgan fingerprint density at radius 2 is 1.75 bits per heavy atom. The molecule has 1 amide bonds. The van der Waals surface area contributed by atoms with Gasteiger partial charge in [0, 0.05) is 5.69 Å². The summed E-state index contributed by atoms with van der Waals surface area (Å²) in [5.41, 5.74) is 4.54. The van der Waals surface area contributed by atoms with Crippen molar-refractivity contribution < 1.29 is 9.63 Å². The third-order valence-electron chi connectivity index (χ3n) is 3.44. The number of benzene rings is 2. The fourth-order valence-corrected chi connectivity index (χ4v) is 2.82. The largest absolute Gasteiger partial charge is 0.437 e. The number of para-hydroxylation sites is 1. The predicted molar refractivity (Wildman–Crippen MR) is 98.5 cm³/mol. The fraction of sp³-hybridized carbons (Fsp3) is 0.0526. The number of anilines is 1. The van der Waals surface area contributed by atoms with Crippen molar-refractivity contribution in [1.29, 1.82) is 0 Å². The van der Waals surface area contributed by atoms with Crippen molar-refractivity contribution >= 4 is 28.8 Å². The molecule has 0 saturated carbocycles. The van der Waals surface area contributed by atoms with Crippen molar-refractivity contribution in [3.63, 3.8) is 0 Å². The lowest BCUT2D eigenvalue weighted by molar-refractivity contribution is 0.166. The second-order valence-electron chi connectivity index (χ2n) is 5.14. The smallest absolute Gasteiger partial charge is 0.298 e. The van der Waals surface area contributed by atoms with Gasteiger partial charge in [0.15, 0.2) is 0 Å². The first kappa shape index (κ1) is 16.0. The molecular weight excluding hydrogens is 320 g/mol. The zero-order valence-electron chi connectivity index (χ0n) is 13.1. The molecule has 0 saturated heterocycles. The van der Waals surface area contributed by atoms with Crippen molar-refractivity contribution in [2.75, 3.05) is 5.32 Å². The van der Waals surface area contributed by atoms with Crippen LogP contribution in [0.5, 0.6) is 0 Å². The number of carbonyl (C=O) groups is 1. The molecule has 1 aromatic heterocycles. The SMILES string of the molecule is C/C(=N/OC(=O)Nc1ccccc1)c1ccc(-c2ccsc2)cc1. The lowest BCUT2D eigenvalue weighted by Gasteiger charge is -2.04. The Morgan fingerprint density at radius 3 is 2.42 bits per heavy atom. The van der Waals surface area contributed by atoms with Crippen LogP contribution in [0.25, 0.3) is 11.1 Å². The molecule has 0 atom stereocenters. The molecule has 24 heavy (non-hydrogen) atoms. The molecule has 3 aromatic rings. The van der Waals surface area contributed by atoms with Crippen molar-refractivity contribution in [1.82, 2.24) is 0 Å². The minimum absolute atomic E-state index is 0.615. The first-order valence-electron chi connectivity index (χ1n) is 7.43. The molecule has 1 N–H and O–H groups in total. The van der Waals surface area contributed by atoms with Gasteiger partial charge in [0.25, 0.3) is 0 Å². The summed E-state index contributed by atoms with van der Waals surface area (Å²) in [7, 11) is 0. The Balaban J connectivity index is 1.62. The number of carbonyl (C=O) groups excluding carboxylic acids is 1. The molecule has 1 heterocycles. The number of hydrogen-bond donors (Lipinski definition) is 1. The molecular formula is C19H16N2O2S. The highest BCUT2D eigenvalue weighted by molar-refractivity contribution is 7.08. The van der Waals surface area contributed by atoms with Gasteiger partial charge in [-0.1, -0.05) is 47.6 Å². The van der Waals surface area contributed by atoms with Gasteiger partial charge in [-0.05, 0) is 52.6 Å². The molecule has 0 aliphatic heterocycles. The number of nitrogens with one attached hydrogen (secondary N) is 1. The number of thiophene rings is 1. The summed E-state index contributed by atoms with van der Waals surface area (Å²) in [6.07, 6.45) is -0.615. The highest BCUT2D eigenvalue weighted by atomic mass is 32.1. The van der Waals surface area contributed by atoms with Crippen molar-refractivity contribution in [2.45, 2.75) is 6.92 Å². The zero-order valence-corrected chi connectivity index (χ0v) is 13.9. The second kappa shape index (κ2) is 7.57. The van der Waals surface area contributed by atoms with Crippen molar-refractivity contribution in [2.24, 2.45) is 5.16 Å². The number of hydrogen-bond acceptors (Lipinski definition) is 4. The van der Waals surface area contributed by atoms with Gasteiger partial charge >= 0.3 is 6.09 Å². The van der Waals surface area contributed by atoms with E-state index in [1.807, 2.05) is 42.5 Å². The maximum absolute atomic E-state index is 11.7. The van der Waals surface area contributed by atoms with Crippen LogP contribution in [0.4, 0.5) is 10.5 Å². The molecule has 0 radical (unpaired) electrons. The molecule has 120 valence electrons. The minimum atomic E-state index is -0.615. The molecule has 0 spiro atoms. The standard InChI is InChI=1S/C19H16N2O2S/c1-14(21-23-19(22)20-18-5-3-2-4-6-18)15-7-9-16(10-8-15)17-11-12-24-13-17/h2-13H,1H3,(H,20,22)/b21-14-. The number of rotatable bonds is 4. The maximum Gasteiger partial charge on any atom is 0.437 e. The Labute approximate surface area is 144 Å². The summed E-state index contributed by atoms with van der Waals surface area (Å²) >= 11 is 1.67. The van der Waals surface area contributed by atoms with E-state index in [9.17, 15) is 4.79 Å². The monoisotopic (exact) mass is 336 g/mol. The van der Waals surface area contributed by atoms with E-state index in [4.69, 9.17) is 4.84 Å². The van der Waals surface area contributed by atoms with E-state index in [2.05, 4.69) is 27.3 Å². The Morgan fingerprint density at radius 1 is 1.00 bits per heavy atom. The van der Waals surface area contributed by atoms with E-state index in [1.165, 1.54) is 5.56 Å². The molecule has 4 nitrogen and oxygen atoms in total. The topological polar surface area (TPSA) is 50.7 Å². The fourth-order valence-electron chi connectivity index (χ4n) is 2.16. The third-order valence-corrected chi connectivity index (χ3v) is 4.13. The molecule has 0 unspecified atom stereocenters. The van der Waals surface area contributed by atoms with E-state index >= 15 is 0 Å². The number of nitrogens with zero attached hydrogens (tertiary/aromatic N) is 1. The van der Waals surface area contributed by atoms with Crippen LogP contribution in [0.15, 0.2) is 76.6 Å². The minimum Gasteiger partial charge on any atom is -0.298 e. The molecule has 0 aliphatic rings. The van der Waals surface area contributed by atoms with E-state index in [0.717, 1.165) is 11.1 Å². The molecule has 3 rings (SSSR count). The van der Waals surface area contributed by atoms with Crippen LogP contribution in [0.3, 0.4) is 0 Å². The molecule has 0 bridgehead atoms. The van der Waals surface area contributed by atoms with Gasteiger partial charge in [-0.25, -0.2) is 4.79 Å². The Hall–Kier alpha value is -2.92. The van der Waals surface area contributed by atoms with Crippen molar-refractivity contribution in [3.8, 4) is 11.1 Å². The quantitative estimate of drug-likeness (QED) is 0.394. The predicted octanol–water partition coefficient (Wildman–Crippen LogP) is 5.39. The van der Waals surface area contributed by atoms with Gasteiger partial charge < -0.3 is 0 Å². The van der Waals surface area contributed by atoms with E-state index < -0.39 is 6.09 Å². The van der Waals surface area contributed by atoms with Crippen LogP contribution in [0.2, 0.25) is 0 Å². The third kappa shape index (κ3) is 4.08. The summed E-state index contributed by atoms with van der Waals surface area (Å²) in [5.74, 6) is 0. The van der Waals surface area contributed by atoms with Gasteiger partial charge in [-0.3, -0.25) is 10.2 Å². The van der Waals surface area contributed by atoms with Crippen LogP contribution in [-0.4, -0.2) is 11.8 Å². The van der Waals surface area contributed by atoms with E-state index in [0.29, 0.717) is 11.4 Å². The highest BCUT2D eigenvalue weighted by Gasteiger charge is 2.05. The second-order valence-corrected chi connectivity index (χ2v) is 5.92. The van der Waals surface area contributed by atoms with Gasteiger partial charge in [0.05, 0.1) is 5.71 Å². The molecule has 0 fully saturated rings. The van der Waals surface area contributed by atoms with E-state index in [1.54, 1.807) is 30.4 Å². The molecule has 0 aliphatic carbocycles.